The van der Waals surface area contributed by atoms with Crippen LogP contribution < -0.4 is 5.73 Å². The van der Waals surface area contributed by atoms with Gasteiger partial charge in [0.1, 0.15) is 11.6 Å². The molecule has 0 aliphatic carbocycles. The first-order valence-electron chi connectivity index (χ1n) is 6.82. The maximum Gasteiger partial charge on any atom is 0.126 e. The average Bonchev–Trinajstić information content (AvgIpc) is 2.50. The van der Waals surface area contributed by atoms with E-state index >= 15 is 0 Å². The fourth-order valence-electron chi connectivity index (χ4n) is 2.49. The number of hydrogen-bond acceptors (Lipinski definition) is 1. The highest BCUT2D eigenvalue weighted by Gasteiger charge is 2.12. The Morgan fingerprint density at radius 1 is 0.857 bits per heavy atom. The van der Waals surface area contributed by atoms with Crippen LogP contribution in [-0.4, -0.2) is 0 Å². The lowest BCUT2D eigenvalue weighted by atomic mass is 9.97. The lowest BCUT2D eigenvalue weighted by molar-refractivity contribution is 0.573. The quantitative estimate of drug-likeness (QED) is 0.759. The van der Waals surface area contributed by atoms with Gasteiger partial charge in [0.25, 0.3) is 0 Å². The summed E-state index contributed by atoms with van der Waals surface area (Å²) < 4.78 is 26.9. The van der Waals surface area contributed by atoms with Gasteiger partial charge in [0.2, 0.25) is 0 Å². The molecule has 0 aliphatic heterocycles. The number of hydrogen-bond donors (Lipinski definition) is 1. The number of halogens is 2. The average molecular weight is 283 g/mol. The minimum Gasteiger partial charge on any atom is -0.324 e. The van der Waals surface area contributed by atoms with Crippen molar-refractivity contribution in [2.45, 2.75) is 12.5 Å². The van der Waals surface area contributed by atoms with E-state index in [4.69, 9.17) is 5.73 Å². The topological polar surface area (TPSA) is 26.0 Å². The predicted octanol–water partition coefficient (Wildman–Crippen LogP) is 4.36. The van der Waals surface area contributed by atoms with E-state index in [1.165, 1.54) is 6.07 Å². The van der Waals surface area contributed by atoms with E-state index in [-0.39, 0.29) is 12.5 Å². The zero-order valence-electron chi connectivity index (χ0n) is 11.4. The Hall–Kier alpha value is -2.26. The van der Waals surface area contributed by atoms with Crippen LogP contribution in [0.25, 0.3) is 10.8 Å². The first-order chi connectivity index (χ1) is 10.1. The van der Waals surface area contributed by atoms with Crippen LogP contribution in [0.1, 0.15) is 17.2 Å². The van der Waals surface area contributed by atoms with Gasteiger partial charge in [-0.25, -0.2) is 8.78 Å². The fraction of sp³-hybridized carbons (Fsp3) is 0.111. The van der Waals surface area contributed by atoms with Gasteiger partial charge in [0, 0.05) is 6.04 Å². The van der Waals surface area contributed by atoms with Crippen LogP contribution in [0, 0.1) is 11.6 Å². The summed E-state index contributed by atoms with van der Waals surface area (Å²) in [7, 11) is 0. The van der Waals surface area contributed by atoms with E-state index in [9.17, 15) is 8.78 Å². The fourth-order valence-corrected chi connectivity index (χ4v) is 2.49. The van der Waals surface area contributed by atoms with Crippen LogP contribution in [0.15, 0.2) is 60.7 Å². The Bertz CT molecular complexity index is 783. The molecule has 0 aromatic heterocycles. The third-order valence-corrected chi connectivity index (χ3v) is 3.65. The van der Waals surface area contributed by atoms with Crippen LogP contribution >= 0.6 is 0 Å². The summed E-state index contributed by atoms with van der Waals surface area (Å²) in [4.78, 5) is 0. The summed E-state index contributed by atoms with van der Waals surface area (Å²) in [5.41, 5.74) is 7.36. The smallest absolute Gasteiger partial charge is 0.126 e. The van der Waals surface area contributed by atoms with Gasteiger partial charge in [0.05, 0.1) is 0 Å². The minimum atomic E-state index is -0.447. The van der Waals surface area contributed by atoms with Crippen molar-refractivity contribution in [2.24, 2.45) is 5.73 Å². The molecular formula is C18H15F2N. The molecule has 21 heavy (non-hydrogen) atoms. The number of rotatable bonds is 3. The van der Waals surface area contributed by atoms with Gasteiger partial charge in [-0.3, -0.25) is 0 Å². The standard InChI is InChI=1S/C18H15F2N/c19-16-7-8-17(20)15(10-16)11-18(21)14-6-5-12-3-1-2-4-13(12)9-14/h1-10,18H,11,21H2. The molecule has 1 nitrogen and oxygen atoms in total. The Morgan fingerprint density at radius 2 is 1.62 bits per heavy atom. The van der Waals surface area contributed by atoms with Crippen molar-refractivity contribution in [3.63, 3.8) is 0 Å². The Labute approximate surface area is 122 Å². The summed E-state index contributed by atoms with van der Waals surface area (Å²) in [6, 6.07) is 17.0. The molecule has 3 aromatic carbocycles. The van der Waals surface area contributed by atoms with Gasteiger partial charge < -0.3 is 5.73 Å². The van der Waals surface area contributed by atoms with Crippen LogP contribution in [0.2, 0.25) is 0 Å². The maximum atomic E-state index is 13.7. The SMILES string of the molecule is NC(Cc1cc(F)ccc1F)c1ccc2ccccc2c1. The van der Waals surface area contributed by atoms with Crippen molar-refractivity contribution < 1.29 is 8.78 Å². The highest BCUT2D eigenvalue weighted by Crippen LogP contribution is 2.23. The second-order valence-corrected chi connectivity index (χ2v) is 5.15. The number of fused-ring (bicyclic) bond motifs is 1. The van der Waals surface area contributed by atoms with E-state index in [1.807, 2.05) is 42.5 Å². The summed E-state index contributed by atoms with van der Waals surface area (Å²) in [6.07, 6.45) is 0.266. The van der Waals surface area contributed by atoms with Gasteiger partial charge in [-0.1, -0.05) is 36.4 Å². The van der Waals surface area contributed by atoms with Crippen LogP contribution in [0.4, 0.5) is 8.78 Å². The largest absolute Gasteiger partial charge is 0.324 e. The molecule has 106 valence electrons. The first-order valence-corrected chi connectivity index (χ1v) is 6.82. The van der Waals surface area contributed by atoms with Crippen LogP contribution in [0.3, 0.4) is 0 Å². The molecule has 0 aliphatic rings. The Kier molecular flexibility index (Phi) is 3.67. The maximum absolute atomic E-state index is 13.7. The molecule has 0 spiro atoms. The third kappa shape index (κ3) is 2.93. The normalized spacial score (nSPS) is 12.5. The highest BCUT2D eigenvalue weighted by atomic mass is 19.1. The molecule has 0 saturated carbocycles. The summed E-state index contributed by atoms with van der Waals surface area (Å²) >= 11 is 0. The molecule has 0 fully saturated rings. The Morgan fingerprint density at radius 3 is 2.43 bits per heavy atom. The molecule has 0 amide bonds. The molecule has 2 N–H and O–H groups in total. The van der Waals surface area contributed by atoms with Gasteiger partial charge >= 0.3 is 0 Å². The van der Waals surface area contributed by atoms with E-state index in [2.05, 4.69) is 0 Å². The molecular weight excluding hydrogens is 268 g/mol. The first kappa shape index (κ1) is 13.7. The van der Waals surface area contributed by atoms with E-state index < -0.39 is 11.6 Å². The van der Waals surface area contributed by atoms with Crippen molar-refractivity contribution in [3.05, 3.63) is 83.4 Å². The summed E-state index contributed by atoms with van der Waals surface area (Å²) in [5.74, 6) is -0.871. The molecule has 3 aromatic rings. The van der Waals surface area contributed by atoms with E-state index in [1.54, 1.807) is 0 Å². The molecule has 1 atom stereocenters. The second kappa shape index (κ2) is 5.62. The molecule has 3 rings (SSSR count). The minimum absolute atomic E-state index is 0.266. The zero-order valence-corrected chi connectivity index (χ0v) is 11.4. The predicted molar refractivity (Wildman–Crippen MR) is 80.9 cm³/mol. The molecule has 3 heteroatoms. The van der Waals surface area contributed by atoms with Crippen molar-refractivity contribution in [2.75, 3.05) is 0 Å². The number of nitrogens with two attached hydrogens (primary N) is 1. The van der Waals surface area contributed by atoms with Gasteiger partial charge in [-0.2, -0.15) is 0 Å². The molecule has 0 radical (unpaired) electrons. The van der Waals surface area contributed by atoms with Crippen molar-refractivity contribution >= 4 is 10.8 Å². The van der Waals surface area contributed by atoms with Crippen molar-refractivity contribution in [1.29, 1.82) is 0 Å². The second-order valence-electron chi connectivity index (χ2n) is 5.15. The monoisotopic (exact) mass is 283 g/mol. The lowest BCUT2D eigenvalue weighted by Gasteiger charge is -2.14. The molecule has 0 bridgehead atoms. The summed E-state index contributed by atoms with van der Waals surface area (Å²) in [5, 5.41) is 2.22. The van der Waals surface area contributed by atoms with E-state index in [0.717, 1.165) is 28.5 Å². The van der Waals surface area contributed by atoms with Gasteiger partial charge in [-0.05, 0) is 52.6 Å². The zero-order chi connectivity index (χ0) is 14.8. The van der Waals surface area contributed by atoms with Crippen LogP contribution in [0.5, 0.6) is 0 Å². The van der Waals surface area contributed by atoms with Gasteiger partial charge in [-0.15, -0.1) is 0 Å². The summed E-state index contributed by atoms with van der Waals surface area (Å²) in [6.45, 7) is 0. The number of benzene rings is 3. The van der Waals surface area contributed by atoms with Crippen LogP contribution in [-0.2, 0) is 6.42 Å². The molecule has 1 unspecified atom stereocenters. The molecule has 0 heterocycles. The van der Waals surface area contributed by atoms with Crippen molar-refractivity contribution in [3.8, 4) is 0 Å². The lowest BCUT2D eigenvalue weighted by Crippen LogP contribution is -2.14. The highest BCUT2D eigenvalue weighted by molar-refractivity contribution is 5.83. The van der Waals surface area contributed by atoms with E-state index in [0.29, 0.717) is 5.56 Å². The molecule has 0 saturated heterocycles. The van der Waals surface area contributed by atoms with Gasteiger partial charge in [0.15, 0.2) is 0 Å². The van der Waals surface area contributed by atoms with Crippen molar-refractivity contribution in [1.82, 2.24) is 0 Å². The third-order valence-electron chi connectivity index (χ3n) is 3.65. The Balaban J connectivity index is 1.89.